The van der Waals surface area contributed by atoms with Gasteiger partial charge in [0, 0.05) is 23.1 Å². The third-order valence-corrected chi connectivity index (χ3v) is 5.94. The predicted octanol–water partition coefficient (Wildman–Crippen LogP) is 4.62. The number of fused-ring (bicyclic) bond motifs is 1. The number of carbonyl (C=O) groups excluding carboxylic acids is 2. The minimum Gasteiger partial charge on any atom is -0.360 e. The Labute approximate surface area is 173 Å². The van der Waals surface area contributed by atoms with E-state index in [1.165, 1.54) is 0 Å². The van der Waals surface area contributed by atoms with Gasteiger partial charge in [-0.15, -0.1) is 11.3 Å². The first-order valence-electron chi connectivity index (χ1n) is 9.63. The van der Waals surface area contributed by atoms with Gasteiger partial charge in [0.2, 0.25) is 5.91 Å². The van der Waals surface area contributed by atoms with Gasteiger partial charge in [-0.3, -0.25) is 9.59 Å². The Balaban J connectivity index is 1.82. The molecule has 1 aliphatic rings. The number of hydrogen-bond acceptors (Lipinski definition) is 5. The van der Waals surface area contributed by atoms with Crippen molar-refractivity contribution in [2.75, 3.05) is 11.9 Å². The van der Waals surface area contributed by atoms with Crippen LogP contribution in [0, 0.1) is 12.8 Å². The quantitative estimate of drug-likeness (QED) is 0.667. The van der Waals surface area contributed by atoms with Gasteiger partial charge in [0.15, 0.2) is 5.82 Å². The van der Waals surface area contributed by atoms with Crippen LogP contribution in [0.4, 0.5) is 5.82 Å². The van der Waals surface area contributed by atoms with Gasteiger partial charge in [-0.25, -0.2) is 0 Å². The highest BCUT2D eigenvalue weighted by molar-refractivity contribution is 7.10. The van der Waals surface area contributed by atoms with Gasteiger partial charge in [-0.2, -0.15) is 0 Å². The molecule has 4 rings (SSSR count). The van der Waals surface area contributed by atoms with Gasteiger partial charge in [0.25, 0.3) is 5.91 Å². The normalized spacial score (nSPS) is 18.8. The van der Waals surface area contributed by atoms with Gasteiger partial charge in [0.05, 0.1) is 12.0 Å². The lowest BCUT2D eigenvalue weighted by molar-refractivity contribution is -0.119. The van der Waals surface area contributed by atoms with E-state index in [0.717, 1.165) is 10.4 Å². The molecule has 2 amide bonds. The smallest absolute Gasteiger partial charge is 0.254 e. The number of amides is 2. The lowest BCUT2D eigenvalue weighted by atomic mass is 9.81. The predicted molar refractivity (Wildman–Crippen MR) is 112 cm³/mol. The number of anilines is 1. The van der Waals surface area contributed by atoms with Gasteiger partial charge < -0.3 is 14.7 Å². The molecule has 29 heavy (non-hydrogen) atoms. The summed E-state index contributed by atoms with van der Waals surface area (Å²) in [6, 6.07) is 12.6. The number of aromatic nitrogens is 1. The van der Waals surface area contributed by atoms with Crippen molar-refractivity contribution in [3.05, 3.63) is 69.6 Å². The SMILES string of the molecule is Cc1cc(NC(=O)[C@H]2c3ccccc3C(=O)N(CC(C)C)[C@@H]2c2cccs2)no1. The summed E-state index contributed by atoms with van der Waals surface area (Å²) in [6.07, 6.45) is 0. The van der Waals surface area contributed by atoms with Crippen LogP contribution in [-0.2, 0) is 4.79 Å². The van der Waals surface area contributed by atoms with E-state index < -0.39 is 5.92 Å². The monoisotopic (exact) mass is 409 g/mol. The molecular formula is C22H23N3O3S. The van der Waals surface area contributed by atoms with E-state index in [4.69, 9.17) is 4.52 Å². The summed E-state index contributed by atoms with van der Waals surface area (Å²) in [6.45, 7) is 6.50. The molecule has 0 bridgehead atoms. The Morgan fingerprint density at radius 3 is 2.72 bits per heavy atom. The van der Waals surface area contributed by atoms with E-state index in [2.05, 4.69) is 24.3 Å². The summed E-state index contributed by atoms with van der Waals surface area (Å²) in [5.41, 5.74) is 1.33. The maximum atomic E-state index is 13.5. The Hall–Kier alpha value is -2.93. The molecular weight excluding hydrogens is 386 g/mol. The summed E-state index contributed by atoms with van der Waals surface area (Å²) in [5.74, 6) is 0.490. The molecule has 0 spiro atoms. The number of nitrogens with zero attached hydrogens (tertiary/aromatic N) is 2. The fraction of sp³-hybridized carbons (Fsp3) is 0.318. The summed E-state index contributed by atoms with van der Waals surface area (Å²) < 4.78 is 5.08. The molecule has 3 aromatic rings. The van der Waals surface area contributed by atoms with Crippen LogP contribution in [0.15, 0.2) is 52.4 Å². The average molecular weight is 410 g/mol. The number of nitrogens with one attached hydrogen (secondary N) is 1. The van der Waals surface area contributed by atoms with Crippen LogP contribution in [0.25, 0.3) is 0 Å². The molecule has 0 saturated carbocycles. The van der Waals surface area contributed by atoms with Gasteiger partial charge in [0.1, 0.15) is 5.76 Å². The van der Waals surface area contributed by atoms with Crippen LogP contribution in [0.5, 0.6) is 0 Å². The van der Waals surface area contributed by atoms with Crippen LogP contribution in [0.3, 0.4) is 0 Å². The van der Waals surface area contributed by atoms with Gasteiger partial charge in [-0.1, -0.05) is 43.3 Å². The molecule has 0 radical (unpaired) electrons. The number of thiophene rings is 1. The molecule has 0 saturated heterocycles. The Morgan fingerprint density at radius 2 is 2.07 bits per heavy atom. The Kier molecular flexibility index (Phi) is 5.24. The average Bonchev–Trinajstić information content (AvgIpc) is 3.35. The lowest BCUT2D eigenvalue weighted by Crippen LogP contribution is -2.47. The van der Waals surface area contributed by atoms with E-state index in [-0.39, 0.29) is 23.8 Å². The number of hydrogen-bond donors (Lipinski definition) is 1. The fourth-order valence-electron chi connectivity index (χ4n) is 3.88. The minimum atomic E-state index is -0.543. The molecule has 0 aliphatic carbocycles. The summed E-state index contributed by atoms with van der Waals surface area (Å²) in [4.78, 5) is 29.7. The second kappa shape index (κ2) is 7.83. The minimum absolute atomic E-state index is 0.0333. The zero-order chi connectivity index (χ0) is 20.5. The Bertz CT molecular complexity index is 1030. The highest BCUT2D eigenvalue weighted by Gasteiger charge is 2.44. The van der Waals surface area contributed by atoms with Gasteiger partial charge in [-0.05, 0) is 35.9 Å². The zero-order valence-corrected chi connectivity index (χ0v) is 17.4. The summed E-state index contributed by atoms with van der Waals surface area (Å²) in [7, 11) is 0. The molecule has 6 nitrogen and oxygen atoms in total. The molecule has 0 unspecified atom stereocenters. The second-order valence-corrected chi connectivity index (χ2v) is 8.67. The van der Waals surface area contributed by atoms with Crippen molar-refractivity contribution in [2.24, 2.45) is 5.92 Å². The van der Waals surface area contributed by atoms with Crippen molar-refractivity contribution in [1.82, 2.24) is 10.1 Å². The van der Waals surface area contributed by atoms with Crippen LogP contribution >= 0.6 is 11.3 Å². The maximum absolute atomic E-state index is 13.5. The molecule has 7 heteroatoms. The first-order valence-corrected chi connectivity index (χ1v) is 10.5. The molecule has 2 aromatic heterocycles. The van der Waals surface area contributed by atoms with E-state index in [1.54, 1.807) is 30.4 Å². The molecule has 150 valence electrons. The number of aryl methyl sites for hydroxylation is 1. The highest BCUT2D eigenvalue weighted by atomic mass is 32.1. The van der Waals surface area contributed by atoms with Crippen molar-refractivity contribution >= 4 is 29.0 Å². The van der Waals surface area contributed by atoms with Crippen LogP contribution in [-0.4, -0.2) is 28.4 Å². The molecule has 3 heterocycles. The van der Waals surface area contributed by atoms with Crippen LogP contribution in [0.2, 0.25) is 0 Å². The van der Waals surface area contributed by atoms with E-state index in [1.807, 2.05) is 40.6 Å². The topological polar surface area (TPSA) is 75.4 Å². The molecule has 2 atom stereocenters. The number of carbonyl (C=O) groups is 2. The number of benzene rings is 1. The van der Waals surface area contributed by atoms with Gasteiger partial charge >= 0.3 is 0 Å². The standard InChI is InChI=1S/C22H23N3O3S/c1-13(2)12-25-20(17-9-6-10-29-17)19(15-7-4-5-8-16(15)22(25)27)21(26)23-18-11-14(3)28-24-18/h4-11,13,19-20H,12H2,1-3H3,(H,23,24,26)/t19-,20+/m0/s1. The second-order valence-electron chi connectivity index (χ2n) is 7.69. The Morgan fingerprint density at radius 1 is 1.28 bits per heavy atom. The van der Waals surface area contributed by atoms with E-state index in [9.17, 15) is 9.59 Å². The van der Waals surface area contributed by atoms with Crippen LogP contribution < -0.4 is 5.32 Å². The first-order chi connectivity index (χ1) is 14.0. The maximum Gasteiger partial charge on any atom is 0.254 e. The third kappa shape index (κ3) is 3.70. The molecule has 0 fully saturated rings. The van der Waals surface area contributed by atoms with E-state index in [0.29, 0.717) is 23.7 Å². The molecule has 1 N–H and O–H groups in total. The summed E-state index contributed by atoms with van der Waals surface area (Å²) >= 11 is 1.56. The zero-order valence-electron chi connectivity index (χ0n) is 16.6. The van der Waals surface area contributed by atoms with Crippen molar-refractivity contribution in [1.29, 1.82) is 0 Å². The molecule has 1 aromatic carbocycles. The van der Waals surface area contributed by atoms with Crippen molar-refractivity contribution in [2.45, 2.75) is 32.7 Å². The first kappa shape index (κ1) is 19.4. The van der Waals surface area contributed by atoms with Crippen molar-refractivity contribution < 1.29 is 14.1 Å². The van der Waals surface area contributed by atoms with Crippen LogP contribution in [0.1, 0.15) is 52.4 Å². The highest BCUT2D eigenvalue weighted by Crippen LogP contribution is 2.44. The van der Waals surface area contributed by atoms with Crippen molar-refractivity contribution in [3.63, 3.8) is 0 Å². The lowest BCUT2D eigenvalue weighted by Gasteiger charge is -2.41. The third-order valence-electron chi connectivity index (χ3n) is 5.00. The number of rotatable bonds is 5. The summed E-state index contributed by atoms with van der Waals surface area (Å²) in [5, 5.41) is 8.74. The molecule has 1 aliphatic heterocycles. The van der Waals surface area contributed by atoms with E-state index >= 15 is 0 Å². The fourth-order valence-corrected chi connectivity index (χ4v) is 4.75. The largest absolute Gasteiger partial charge is 0.360 e. The van der Waals surface area contributed by atoms with Crippen molar-refractivity contribution in [3.8, 4) is 0 Å².